The molecule has 0 aromatic carbocycles. The lowest BCUT2D eigenvalue weighted by atomic mass is 9.73. The van der Waals surface area contributed by atoms with Gasteiger partial charge in [-0.25, -0.2) is 0 Å². The second-order valence-corrected chi connectivity index (χ2v) is 6.91. The van der Waals surface area contributed by atoms with Crippen LogP contribution in [0.5, 0.6) is 0 Å². The summed E-state index contributed by atoms with van der Waals surface area (Å²) in [6.45, 7) is 3.51. The summed E-state index contributed by atoms with van der Waals surface area (Å²) < 4.78 is 0. The van der Waals surface area contributed by atoms with Crippen LogP contribution in [0, 0.1) is 5.41 Å². The van der Waals surface area contributed by atoms with Gasteiger partial charge in [0, 0.05) is 16.8 Å². The fourth-order valence-electron chi connectivity index (χ4n) is 2.66. The summed E-state index contributed by atoms with van der Waals surface area (Å²) in [6.07, 6.45) is 4.93. The van der Waals surface area contributed by atoms with E-state index in [1.165, 1.54) is 11.3 Å². The van der Waals surface area contributed by atoms with E-state index in [1.54, 1.807) is 11.3 Å². The number of nitrogens with one attached hydrogen (secondary N) is 1. The molecule has 1 aromatic heterocycles. The lowest BCUT2D eigenvalue weighted by molar-refractivity contribution is 0.00719. The Morgan fingerprint density at radius 1 is 1.60 bits per heavy atom. The second kappa shape index (κ2) is 7.09. The van der Waals surface area contributed by atoms with Gasteiger partial charge in [-0.2, -0.15) is 0 Å². The lowest BCUT2D eigenvalue weighted by Gasteiger charge is -2.37. The van der Waals surface area contributed by atoms with E-state index in [1.807, 2.05) is 0 Å². The van der Waals surface area contributed by atoms with E-state index < -0.39 is 0 Å². The Morgan fingerprint density at radius 2 is 2.45 bits per heavy atom. The molecule has 2 atom stereocenters. The van der Waals surface area contributed by atoms with Crippen molar-refractivity contribution in [2.45, 2.75) is 45.1 Å². The molecule has 0 bridgehead atoms. The van der Waals surface area contributed by atoms with Crippen LogP contribution in [-0.4, -0.2) is 30.3 Å². The number of aliphatic hydroxyl groups is 1. The van der Waals surface area contributed by atoms with Gasteiger partial charge in [0.1, 0.15) is 0 Å². The first-order chi connectivity index (χ1) is 9.60. The Kier molecular flexibility index (Phi) is 5.43. The number of nitrogens with zero attached hydrogens (tertiary/aromatic N) is 1. The van der Waals surface area contributed by atoms with Crippen molar-refractivity contribution < 1.29 is 5.11 Å². The zero-order valence-electron chi connectivity index (χ0n) is 12.1. The summed E-state index contributed by atoms with van der Waals surface area (Å²) in [6, 6.07) is 4.18. The molecule has 4 nitrogen and oxygen atoms in total. The van der Waals surface area contributed by atoms with Crippen molar-refractivity contribution in [3.8, 4) is 0 Å². The largest absolute Gasteiger partial charge is 0.392 e. The molecule has 1 aromatic rings. The number of nitrogens with two attached hydrogens (primary N) is 1. The van der Waals surface area contributed by atoms with Gasteiger partial charge >= 0.3 is 0 Å². The molecule has 0 aliphatic heterocycles. The molecule has 1 heterocycles. The predicted molar refractivity (Wildman–Crippen MR) is 85.1 cm³/mol. The number of rotatable bonds is 5. The Bertz CT molecular complexity index is 432. The minimum atomic E-state index is -0.251. The highest BCUT2D eigenvalue weighted by atomic mass is 32.1. The first-order valence-corrected chi connectivity index (χ1v) is 8.22. The van der Waals surface area contributed by atoms with Gasteiger partial charge in [-0.05, 0) is 30.7 Å². The summed E-state index contributed by atoms with van der Waals surface area (Å²) in [5.74, 6) is 0.487. The molecular weight excluding hydrogens is 270 g/mol. The summed E-state index contributed by atoms with van der Waals surface area (Å²) >= 11 is 1.76. The zero-order valence-corrected chi connectivity index (χ0v) is 13.0. The molecule has 112 valence electrons. The highest BCUT2D eigenvalue weighted by molar-refractivity contribution is 7.09. The first-order valence-electron chi connectivity index (χ1n) is 7.34. The van der Waals surface area contributed by atoms with Crippen molar-refractivity contribution in [3.63, 3.8) is 0 Å². The molecule has 1 aliphatic rings. The quantitative estimate of drug-likeness (QED) is 0.576. The molecule has 0 spiro atoms. The van der Waals surface area contributed by atoms with E-state index in [4.69, 9.17) is 5.73 Å². The van der Waals surface area contributed by atoms with Crippen LogP contribution in [-0.2, 0) is 6.42 Å². The molecule has 0 saturated heterocycles. The highest BCUT2D eigenvalue weighted by Gasteiger charge is 2.35. The molecule has 20 heavy (non-hydrogen) atoms. The van der Waals surface area contributed by atoms with E-state index in [-0.39, 0.29) is 11.5 Å². The summed E-state index contributed by atoms with van der Waals surface area (Å²) in [5, 5.41) is 15.3. The van der Waals surface area contributed by atoms with Gasteiger partial charge < -0.3 is 16.2 Å². The van der Waals surface area contributed by atoms with E-state index in [9.17, 15) is 5.11 Å². The molecule has 1 fully saturated rings. The zero-order chi connectivity index (χ0) is 14.4. The van der Waals surface area contributed by atoms with Crippen LogP contribution >= 0.6 is 11.3 Å². The fourth-order valence-corrected chi connectivity index (χ4v) is 3.37. The molecule has 0 radical (unpaired) electrons. The highest BCUT2D eigenvalue weighted by Crippen LogP contribution is 2.36. The van der Waals surface area contributed by atoms with Crippen LogP contribution in [0.1, 0.15) is 37.5 Å². The fraction of sp³-hybridized carbons (Fsp3) is 0.667. The molecule has 1 aliphatic carbocycles. The number of hydrogen-bond donors (Lipinski definition) is 3. The molecule has 2 rings (SSSR count). The van der Waals surface area contributed by atoms with Crippen molar-refractivity contribution in [1.29, 1.82) is 0 Å². The van der Waals surface area contributed by atoms with Crippen molar-refractivity contribution in [2.24, 2.45) is 16.1 Å². The average molecular weight is 295 g/mol. The third kappa shape index (κ3) is 4.21. The molecule has 4 N–H and O–H groups in total. The van der Waals surface area contributed by atoms with E-state index >= 15 is 0 Å². The molecule has 5 heteroatoms. The summed E-state index contributed by atoms with van der Waals surface area (Å²) in [4.78, 5) is 5.76. The summed E-state index contributed by atoms with van der Waals surface area (Å²) in [7, 11) is 0. The van der Waals surface area contributed by atoms with E-state index in [2.05, 4.69) is 34.7 Å². The average Bonchev–Trinajstić information content (AvgIpc) is 2.93. The maximum Gasteiger partial charge on any atom is 0.188 e. The maximum absolute atomic E-state index is 10.1. The predicted octanol–water partition coefficient (Wildman–Crippen LogP) is 2.14. The third-order valence-electron chi connectivity index (χ3n) is 4.15. The molecule has 0 amide bonds. The Hall–Kier alpha value is -1.07. The van der Waals surface area contributed by atoms with Crippen LogP contribution in [0.25, 0.3) is 0 Å². The smallest absolute Gasteiger partial charge is 0.188 e. The summed E-state index contributed by atoms with van der Waals surface area (Å²) in [5.41, 5.74) is 5.78. The van der Waals surface area contributed by atoms with Crippen LogP contribution in [0.3, 0.4) is 0 Å². The number of thiophene rings is 1. The van der Waals surface area contributed by atoms with Crippen molar-refractivity contribution in [1.82, 2.24) is 5.32 Å². The number of guanidine groups is 1. The van der Waals surface area contributed by atoms with E-state index in [0.29, 0.717) is 12.5 Å². The van der Waals surface area contributed by atoms with E-state index in [0.717, 1.165) is 32.2 Å². The normalized spacial score (nSPS) is 27.5. The lowest BCUT2D eigenvalue weighted by Crippen LogP contribution is -2.40. The van der Waals surface area contributed by atoms with Crippen molar-refractivity contribution in [3.05, 3.63) is 22.4 Å². The first kappa shape index (κ1) is 15.3. The van der Waals surface area contributed by atoms with Crippen LogP contribution < -0.4 is 11.1 Å². The van der Waals surface area contributed by atoms with Gasteiger partial charge in [0.15, 0.2) is 5.96 Å². The van der Waals surface area contributed by atoms with Gasteiger partial charge in [0.25, 0.3) is 0 Å². The van der Waals surface area contributed by atoms with Crippen LogP contribution in [0.15, 0.2) is 22.5 Å². The molecule has 2 unspecified atom stereocenters. The second-order valence-electron chi connectivity index (χ2n) is 5.87. The van der Waals surface area contributed by atoms with Gasteiger partial charge in [-0.1, -0.05) is 25.8 Å². The topological polar surface area (TPSA) is 70.6 Å². The number of aliphatic hydroxyl groups excluding tert-OH is 1. The maximum atomic E-state index is 10.1. The van der Waals surface area contributed by atoms with Crippen molar-refractivity contribution in [2.75, 3.05) is 13.1 Å². The van der Waals surface area contributed by atoms with Gasteiger partial charge in [-0.15, -0.1) is 11.3 Å². The van der Waals surface area contributed by atoms with Gasteiger partial charge in [0.2, 0.25) is 0 Å². The Labute approximate surface area is 125 Å². The monoisotopic (exact) mass is 295 g/mol. The number of aliphatic imine (C=N–C) groups is 1. The van der Waals surface area contributed by atoms with Gasteiger partial charge in [-0.3, -0.25) is 4.99 Å². The van der Waals surface area contributed by atoms with Crippen molar-refractivity contribution >= 4 is 17.3 Å². The SMILES string of the molecule is CC1(CN=C(N)NCCc2cccs2)CCCCC1O. The Morgan fingerprint density at radius 3 is 3.15 bits per heavy atom. The Balaban J connectivity index is 1.75. The molecular formula is C15H25N3OS. The third-order valence-corrected chi connectivity index (χ3v) is 5.08. The van der Waals surface area contributed by atoms with Crippen LogP contribution in [0.4, 0.5) is 0 Å². The van der Waals surface area contributed by atoms with Crippen LogP contribution in [0.2, 0.25) is 0 Å². The molecule has 1 saturated carbocycles. The minimum Gasteiger partial charge on any atom is -0.392 e. The standard InChI is InChI=1S/C15H25N3OS/c1-15(8-3-2-6-13(15)19)11-18-14(16)17-9-7-12-5-4-10-20-12/h4-5,10,13,19H,2-3,6-9,11H2,1H3,(H3,16,17,18). The minimum absolute atomic E-state index is 0.113. The number of hydrogen-bond acceptors (Lipinski definition) is 3. The van der Waals surface area contributed by atoms with Gasteiger partial charge in [0.05, 0.1) is 12.6 Å².